The van der Waals surface area contributed by atoms with Gasteiger partial charge in [-0.3, -0.25) is 4.79 Å². The van der Waals surface area contributed by atoms with Crippen molar-refractivity contribution in [3.63, 3.8) is 0 Å². The van der Waals surface area contributed by atoms with Crippen molar-refractivity contribution in [2.45, 2.75) is 51.7 Å². The lowest BCUT2D eigenvalue weighted by atomic mass is 9.69. The summed E-state index contributed by atoms with van der Waals surface area (Å²) in [6.07, 6.45) is 3.00. The maximum absolute atomic E-state index is 12.3. The van der Waals surface area contributed by atoms with Crippen LogP contribution in [0.4, 0.5) is 0 Å². The van der Waals surface area contributed by atoms with Gasteiger partial charge in [0.05, 0.1) is 30.9 Å². The standard InChI is InChI=1S/C14H23NO5/c1-3-18-12(16)13(10-11(2)15-17)4-6-14(7-5-13)19-8-9-20-14/h17H,3-10H2,1-2H3/b15-11+. The molecule has 1 aliphatic carbocycles. The molecule has 2 rings (SSSR count). The van der Waals surface area contributed by atoms with E-state index in [9.17, 15) is 4.79 Å². The summed E-state index contributed by atoms with van der Waals surface area (Å²) in [5.74, 6) is -0.726. The molecule has 6 nitrogen and oxygen atoms in total. The molecule has 1 aliphatic heterocycles. The van der Waals surface area contributed by atoms with Gasteiger partial charge in [-0.15, -0.1) is 0 Å². The molecule has 1 saturated carbocycles. The summed E-state index contributed by atoms with van der Waals surface area (Å²) >= 11 is 0. The van der Waals surface area contributed by atoms with Crippen LogP contribution >= 0.6 is 0 Å². The van der Waals surface area contributed by atoms with Gasteiger partial charge in [0.15, 0.2) is 5.79 Å². The van der Waals surface area contributed by atoms with Gasteiger partial charge in [-0.05, 0) is 26.7 Å². The lowest BCUT2D eigenvalue weighted by molar-refractivity contribution is -0.198. The van der Waals surface area contributed by atoms with E-state index in [0.29, 0.717) is 57.6 Å². The number of hydrogen-bond donors (Lipinski definition) is 1. The predicted molar refractivity (Wildman–Crippen MR) is 71.7 cm³/mol. The van der Waals surface area contributed by atoms with Gasteiger partial charge in [0.1, 0.15) is 0 Å². The molecule has 2 aliphatic rings. The van der Waals surface area contributed by atoms with Crippen molar-refractivity contribution in [1.82, 2.24) is 0 Å². The number of rotatable bonds is 4. The fraction of sp³-hybridized carbons (Fsp3) is 0.857. The maximum Gasteiger partial charge on any atom is 0.312 e. The van der Waals surface area contributed by atoms with Crippen molar-refractivity contribution in [2.24, 2.45) is 10.6 Å². The molecule has 0 bridgehead atoms. The predicted octanol–water partition coefficient (Wildman–Crippen LogP) is 2.09. The monoisotopic (exact) mass is 285 g/mol. The fourth-order valence-corrected chi connectivity index (χ4v) is 3.16. The molecule has 0 atom stereocenters. The second-order valence-corrected chi connectivity index (χ2v) is 5.62. The summed E-state index contributed by atoms with van der Waals surface area (Å²) in [4.78, 5) is 12.3. The lowest BCUT2D eigenvalue weighted by Crippen LogP contribution is -2.45. The van der Waals surface area contributed by atoms with Crippen molar-refractivity contribution in [3.05, 3.63) is 0 Å². The molecule has 0 unspecified atom stereocenters. The quantitative estimate of drug-likeness (QED) is 0.370. The largest absolute Gasteiger partial charge is 0.466 e. The van der Waals surface area contributed by atoms with Crippen LogP contribution in [0.2, 0.25) is 0 Å². The molecule has 0 amide bonds. The zero-order valence-corrected chi connectivity index (χ0v) is 12.2. The molecule has 1 heterocycles. The van der Waals surface area contributed by atoms with Gasteiger partial charge in [-0.25, -0.2) is 0 Å². The number of oxime groups is 1. The Labute approximate surface area is 119 Å². The Bertz CT molecular complexity index is 377. The van der Waals surface area contributed by atoms with Crippen LogP contribution in [0, 0.1) is 5.41 Å². The van der Waals surface area contributed by atoms with E-state index in [2.05, 4.69) is 5.16 Å². The van der Waals surface area contributed by atoms with Gasteiger partial charge in [0.2, 0.25) is 0 Å². The fourth-order valence-electron chi connectivity index (χ4n) is 3.16. The Morgan fingerprint density at radius 1 is 1.25 bits per heavy atom. The Kier molecular flexibility index (Phi) is 4.65. The van der Waals surface area contributed by atoms with E-state index >= 15 is 0 Å². The van der Waals surface area contributed by atoms with Gasteiger partial charge in [0, 0.05) is 19.3 Å². The van der Waals surface area contributed by atoms with E-state index in [4.69, 9.17) is 19.4 Å². The van der Waals surface area contributed by atoms with Crippen LogP contribution in [0.5, 0.6) is 0 Å². The zero-order chi connectivity index (χ0) is 14.6. The molecule has 1 spiro atoms. The molecule has 0 aromatic carbocycles. The number of carbonyl (C=O) groups excluding carboxylic acids is 1. The Hall–Kier alpha value is -1.14. The molecule has 114 valence electrons. The van der Waals surface area contributed by atoms with E-state index in [1.165, 1.54) is 0 Å². The van der Waals surface area contributed by atoms with Crippen LogP contribution < -0.4 is 0 Å². The minimum atomic E-state index is -0.618. The van der Waals surface area contributed by atoms with E-state index < -0.39 is 11.2 Å². The average Bonchev–Trinajstić information content (AvgIpc) is 2.90. The zero-order valence-electron chi connectivity index (χ0n) is 12.2. The number of carbonyl (C=O) groups is 1. The Morgan fingerprint density at radius 3 is 2.35 bits per heavy atom. The number of hydrogen-bond acceptors (Lipinski definition) is 6. The highest BCUT2D eigenvalue weighted by atomic mass is 16.7. The topological polar surface area (TPSA) is 77.4 Å². The molecule has 1 saturated heterocycles. The summed E-state index contributed by atoms with van der Waals surface area (Å²) in [6, 6.07) is 0. The number of esters is 1. The van der Waals surface area contributed by atoms with E-state index in [1.807, 2.05) is 0 Å². The highest BCUT2D eigenvalue weighted by molar-refractivity contribution is 5.88. The molecule has 2 fully saturated rings. The second kappa shape index (κ2) is 6.10. The van der Waals surface area contributed by atoms with Gasteiger partial charge in [-0.1, -0.05) is 5.16 Å². The number of ether oxygens (including phenoxy) is 3. The molecule has 20 heavy (non-hydrogen) atoms. The highest BCUT2D eigenvalue weighted by Gasteiger charge is 2.50. The first-order chi connectivity index (χ1) is 9.56. The smallest absolute Gasteiger partial charge is 0.312 e. The van der Waals surface area contributed by atoms with Gasteiger partial charge < -0.3 is 19.4 Å². The van der Waals surface area contributed by atoms with Crippen molar-refractivity contribution in [3.8, 4) is 0 Å². The minimum Gasteiger partial charge on any atom is -0.466 e. The minimum absolute atomic E-state index is 0.212. The van der Waals surface area contributed by atoms with E-state index in [-0.39, 0.29) is 5.97 Å². The van der Waals surface area contributed by atoms with Gasteiger partial charge in [-0.2, -0.15) is 0 Å². The van der Waals surface area contributed by atoms with Crippen LogP contribution in [0.25, 0.3) is 0 Å². The van der Waals surface area contributed by atoms with Crippen molar-refractivity contribution in [1.29, 1.82) is 0 Å². The first-order valence-corrected chi connectivity index (χ1v) is 7.18. The summed E-state index contributed by atoms with van der Waals surface area (Å²) in [7, 11) is 0. The molecular formula is C14H23NO5. The van der Waals surface area contributed by atoms with E-state index in [1.54, 1.807) is 13.8 Å². The molecule has 0 radical (unpaired) electrons. The number of nitrogens with zero attached hydrogens (tertiary/aromatic N) is 1. The summed E-state index contributed by atoms with van der Waals surface area (Å²) in [5, 5.41) is 12.1. The first-order valence-electron chi connectivity index (χ1n) is 7.18. The van der Waals surface area contributed by atoms with Gasteiger partial charge >= 0.3 is 5.97 Å². The summed E-state index contributed by atoms with van der Waals surface area (Å²) in [5.41, 5.74) is -0.0744. The maximum atomic E-state index is 12.3. The average molecular weight is 285 g/mol. The third-order valence-corrected chi connectivity index (χ3v) is 4.26. The summed E-state index contributed by atoms with van der Waals surface area (Å²) in [6.45, 7) is 5.10. The van der Waals surface area contributed by atoms with E-state index in [0.717, 1.165) is 0 Å². The van der Waals surface area contributed by atoms with Crippen molar-refractivity contribution >= 4 is 11.7 Å². The van der Waals surface area contributed by atoms with Crippen LogP contribution in [0.3, 0.4) is 0 Å². The normalized spacial score (nSPS) is 24.8. The van der Waals surface area contributed by atoms with Crippen LogP contribution in [0.15, 0.2) is 5.16 Å². The van der Waals surface area contributed by atoms with Crippen LogP contribution in [0.1, 0.15) is 46.0 Å². The van der Waals surface area contributed by atoms with Gasteiger partial charge in [0.25, 0.3) is 0 Å². The molecule has 6 heteroatoms. The molecule has 0 aromatic heterocycles. The van der Waals surface area contributed by atoms with Crippen LogP contribution in [-0.4, -0.2) is 42.5 Å². The second-order valence-electron chi connectivity index (χ2n) is 5.62. The Morgan fingerprint density at radius 2 is 1.85 bits per heavy atom. The third kappa shape index (κ3) is 2.96. The third-order valence-electron chi connectivity index (χ3n) is 4.26. The highest BCUT2D eigenvalue weighted by Crippen LogP contribution is 2.47. The van der Waals surface area contributed by atoms with Crippen molar-refractivity contribution in [2.75, 3.05) is 19.8 Å². The Balaban J connectivity index is 2.11. The summed E-state index contributed by atoms with van der Waals surface area (Å²) < 4.78 is 16.6. The molecule has 0 aromatic rings. The molecule has 1 N–H and O–H groups in total. The first kappa shape index (κ1) is 15.3. The van der Waals surface area contributed by atoms with Crippen molar-refractivity contribution < 1.29 is 24.2 Å². The van der Waals surface area contributed by atoms with Crippen LogP contribution in [-0.2, 0) is 19.0 Å². The molecular weight excluding hydrogens is 262 g/mol. The lowest BCUT2D eigenvalue weighted by Gasteiger charge is -2.41. The SMILES string of the molecule is CCOC(=O)C1(C/C(C)=N/O)CCC2(CC1)OCCO2.